The minimum absolute atomic E-state index is 0.314. The molecule has 0 radical (unpaired) electrons. The van der Waals surface area contributed by atoms with Gasteiger partial charge in [-0.2, -0.15) is 5.10 Å². The third kappa shape index (κ3) is 1.97. The summed E-state index contributed by atoms with van der Waals surface area (Å²) in [5, 5.41) is 8.12. The van der Waals surface area contributed by atoms with Gasteiger partial charge < -0.3 is 10.1 Å². The molecule has 1 atom stereocenters. The molecule has 3 rings (SSSR count). The van der Waals surface area contributed by atoms with E-state index in [0.29, 0.717) is 6.04 Å². The molecule has 1 aliphatic heterocycles. The molecule has 4 heteroatoms. The van der Waals surface area contributed by atoms with Gasteiger partial charge in [-0.05, 0) is 38.0 Å². The van der Waals surface area contributed by atoms with Crippen LogP contribution in [0.5, 0.6) is 5.75 Å². The highest BCUT2D eigenvalue weighted by Gasteiger charge is 2.24. The Morgan fingerprint density at radius 2 is 2.00 bits per heavy atom. The van der Waals surface area contributed by atoms with E-state index in [1.54, 1.807) is 7.11 Å². The summed E-state index contributed by atoms with van der Waals surface area (Å²) in [7, 11) is 1.69. The second-order valence-corrected chi connectivity index (χ2v) is 5.01. The Bertz CT molecular complexity index is 586. The average Bonchev–Trinajstić information content (AvgIpc) is 2.75. The molecule has 0 aliphatic carbocycles. The molecule has 0 spiro atoms. The molecule has 0 bridgehead atoms. The molecule has 0 fully saturated rings. The second kappa shape index (κ2) is 4.61. The van der Waals surface area contributed by atoms with Gasteiger partial charge in [-0.1, -0.05) is 12.1 Å². The number of hydrogen-bond donors (Lipinski definition) is 1. The third-order valence-corrected chi connectivity index (χ3v) is 3.89. The van der Waals surface area contributed by atoms with Gasteiger partial charge in [-0.25, -0.2) is 4.68 Å². The van der Waals surface area contributed by atoms with Crippen molar-refractivity contribution >= 4 is 5.82 Å². The number of methoxy groups -OCH3 is 1. The number of rotatable bonds is 2. The molecule has 4 nitrogen and oxygen atoms in total. The van der Waals surface area contributed by atoms with Crippen LogP contribution in [0.3, 0.4) is 0 Å². The number of nitrogens with one attached hydrogen (secondary N) is 1. The van der Waals surface area contributed by atoms with Gasteiger partial charge >= 0.3 is 0 Å². The predicted molar refractivity (Wildman–Crippen MR) is 75.9 cm³/mol. The number of ether oxygens (including phenoxy) is 1. The van der Waals surface area contributed by atoms with E-state index < -0.39 is 0 Å². The van der Waals surface area contributed by atoms with Crippen molar-refractivity contribution < 1.29 is 4.74 Å². The van der Waals surface area contributed by atoms with Crippen LogP contribution in [0.2, 0.25) is 0 Å². The zero-order valence-electron chi connectivity index (χ0n) is 11.6. The third-order valence-electron chi connectivity index (χ3n) is 3.89. The van der Waals surface area contributed by atoms with Gasteiger partial charge in [0.05, 0.1) is 18.8 Å². The molecule has 1 unspecified atom stereocenters. The first-order chi connectivity index (χ1) is 9.20. The van der Waals surface area contributed by atoms with Crippen LogP contribution < -0.4 is 10.1 Å². The molecule has 0 saturated heterocycles. The van der Waals surface area contributed by atoms with Gasteiger partial charge in [-0.3, -0.25) is 0 Å². The monoisotopic (exact) mass is 257 g/mol. The van der Waals surface area contributed by atoms with Crippen LogP contribution >= 0.6 is 0 Å². The van der Waals surface area contributed by atoms with Crippen LogP contribution in [-0.4, -0.2) is 23.4 Å². The summed E-state index contributed by atoms with van der Waals surface area (Å²) in [4.78, 5) is 0. The van der Waals surface area contributed by atoms with Gasteiger partial charge in [0.1, 0.15) is 11.6 Å². The maximum atomic E-state index is 5.21. The quantitative estimate of drug-likeness (QED) is 0.899. The molecule has 1 aromatic carbocycles. The standard InChI is InChI=1S/C15H19N3O/c1-10-11(2)17-18-14(8-9-16-15(10)18)12-4-6-13(19-3)7-5-12/h4-7,14,16H,8-9H2,1-3H3. The SMILES string of the molecule is COc1ccc(C2CCNc3c(C)c(C)nn32)cc1. The lowest BCUT2D eigenvalue weighted by molar-refractivity contribution is 0.413. The van der Waals surface area contributed by atoms with Crippen LogP contribution in [0.4, 0.5) is 5.82 Å². The smallest absolute Gasteiger partial charge is 0.128 e. The van der Waals surface area contributed by atoms with E-state index in [9.17, 15) is 0 Å². The van der Waals surface area contributed by atoms with Crippen molar-refractivity contribution in [2.75, 3.05) is 19.0 Å². The van der Waals surface area contributed by atoms with Crippen LogP contribution in [-0.2, 0) is 0 Å². The summed E-state index contributed by atoms with van der Waals surface area (Å²) in [5.41, 5.74) is 3.63. The fourth-order valence-corrected chi connectivity index (χ4v) is 2.65. The molecule has 19 heavy (non-hydrogen) atoms. The molecule has 2 heterocycles. The number of anilines is 1. The molecule has 1 aliphatic rings. The molecule has 2 aromatic rings. The topological polar surface area (TPSA) is 39.1 Å². The molecule has 1 aromatic heterocycles. The number of fused-ring (bicyclic) bond motifs is 1. The maximum absolute atomic E-state index is 5.21. The highest BCUT2D eigenvalue weighted by molar-refractivity contribution is 5.49. The Balaban J connectivity index is 2.00. The molecule has 0 saturated carbocycles. The normalized spacial score (nSPS) is 17.7. The predicted octanol–water partition coefficient (Wildman–Crippen LogP) is 2.91. The van der Waals surface area contributed by atoms with E-state index in [1.807, 2.05) is 12.1 Å². The minimum Gasteiger partial charge on any atom is -0.497 e. The van der Waals surface area contributed by atoms with Crippen LogP contribution in [0, 0.1) is 13.8 Å². The van der Waals surface area contributed by atoms with E-state index >= 15 is 0 Å². The molecular weight excluding hydrogens is 238 g/mol. The van der Waals surface area contributed by atoms with Crippen molar-refractivity contribution in [2.45, 2.75) is 26.3 Å². The van der Waals surface area contributed by atoms with E-state index in [0.717, 1.165) is 30.2 Å². The fraction of sp³-hybridized carbons (Fsp3) is 0.400. The lowest BCUT2D eigenvalue weighted by Gasteiger charge is -2.26. The zero-order chi connectivity index (χ0) is 13.4. The lowest BCUT2D eigenvalue weighted by atomic mass is 10.0. The van der Waals surface area contributed by atoms with Crippen molar-refractivity contribution in [3.63, 3.8) is 0 Å². The van der Waals surface area contributed by atoms with Crippen molar-refractivity contribution in [1.82, 2.24) is 9.78 Å². The van der Waals surface area contributed by atoms with Gasteiger partial charge in [0.2, 0.25) is 0 Å². The zero-order valence-corrected chi connectivity index (χ0v) is 11.6. The summed E-state index contributed by atoms with van der Waals surface area (Å²) >= 11 is 0. The molecule has 100 valence electrons. The van der Waals surface area contributed by atoms with Crippen LogP contribution in [0.25, 0.3) is 0 Å². The Labute approximate surface area is 113 Å². The number of benzene rings is 1. The Morgan fingerprint density at radius 1 is 1.26 bits per heavy atom. The average molecular weight is 257 g/mol. The fourth-order valence-electron chi connectivity index (χ4n) is 2.65. The van der Waals surface area contributed by atoms with E-state index in [1.165, 1.54) is 11.1 Å². The first-order valence-electron chi connectivity index (χ1n) is 6.64. The summed E-state index contributed by atoms with van der Waals surface area (Å²) in [6.07, 6.45) is 1.06. The largest absolute Gasteiger partial charge is 0.497 e. The first-order valence-corrected chi connectivity index (χ1v) is 6.64. The van der Waals surface area contributed by atoms with Crippen molar-refractivity contribution in [3.05, 3.63) is 41.1 Å². The summed E-state index contributed by atoms with van der Waals surface area (Å²) in [5.74, 6) is 2.05. The number of nitrogens with zero attached hydrogens (tertiary/aromatic N) is 2. The van der Waals surface area contributed by atoms with Crippen molar-refractivity contribution in [1.29, 1.82) is 0 Å². The number of aromatic nitrogens is 2. The maximum Gasteiger partial charge on any atom is 0.128 e. The minimum atomic E-state index is 0.314. The Morgan fingerprint density at radius 3 is 2.68 bits per heavy atom. The highest BCUT2D eigenvalue weighted by Crippen LogP contribution is 2.32. The van der Waals surface area contributed by atoms with Gasteiger partial charge in [0.15, 0.2) is 0 Å². The van der Waals surface area contributed by atoms with Crippen LogP contribution in [0.1, 0.15) is 29.3 Å². The number of hydrogen-bond acceptors (Lipinski definition) is 3. The first kappa shape index (κ1) is 12.1. The highest BCUT2D eigenvalue weighted by atomic mass is 16.5. The van der Waals surface area contributed by atoms with E-state index in [-0.39, 0.29) is 0 Å². The van der Waals surface area contributed by atoms with Gasteiger partial charge in [0.25, 0.3) is 0 Å². The van der Waals surface area contributed by atoms with Crippen molar-refractivity contribution in [2.24, 2.45) is 0 Å². The van der Waals surface area contributed by atoms with Crippen LogP contribution in [0.15, 0.2) is 24.3 Å². The van der Waals surface area contributed by atoms with Gasteiger partial charge in [0, 0.05) is 12.1 Å². The summed E-state index contributed by atoms with van der Waals surface area (Å²) < 4.78 is 7.34. The van der Waals surface area contributed by atoms with E-state index in [2.05, 4.69) is 41.1 Å². The lowest BCUT2D eigenvalue weighted by Crippen LogP contribution is -2.24. The van der Waals surface area contributed by atoms with Crippen molar-refractivity contribution in [3.8, 4) is 5.75 Å². The Hall–Kier alpha value is -1.97. The van der Waals surface area contributed by atoms with Gasteiger partial charge in [-0.15, -0.1) is 0 Å². The Kier molecular flexibility index (Phi) is 2.93. The summed E-state index contributed by atoms with van der Waals surface area (Å²) in [6.45, 7) is 5.17. The molecule has 1 N–H and O–H groups in total. The molecule has 0 amide bonds. The summed E-state index contributed by atoms with van der Waals surface area (Å²) in [6, 6.07) is 8.60. The van der Waals surface area contributed by atoms with E-state index in [4.69, 9.17) is 4.74 Å². The number of aryl methyl sites for hydroxylation is 1. The molecular formula is C15H19N3O. The second-order valence-electron chi connectivity index (χ2n) is 5.01.